The van der Waals surface area contributed by atoms with Crippen molar-refractivity contribution in [1.82, 2.24) is 14.7 Å². The second kappa shape index (κ2) is 6.65. The lowest BCUT2D eigenvalue weighted by Gasteiger charge is -2.25. The number of rotatable bonds is 6. The van der Waals surface area contributed by atoms with E-state index < -0.39 is 10.0 Å². The summed E-state index contributed by atoms with van der Waals surface area (Å²) in [7, 11) is -2.00. The lowest BCUT2D eigenvalue weighted by atomic mass is 10.2. The third-order valence-corrected chi connectivity index (χ3v) is 5.15. The zero-order valence-corrected chi connectivity index (χ0v) is 13.4. The third kappa shape index (κ3) is 3.52. The van der Waals surface area contributed by atoms with Crippen LogP contribution in [0.4, 0.5) is 5.82 Å². The van der Waals surface area contributed by atoms with Crippen molar-refractivity contribution in [3.8, 4) is 0 Å². The van der Waals surface area contributed by atoms with Crippen LogP contribution in [0.15, 0.2) is 46.5 Å². The number of sulfonamides is 1. The highest BCUT2D eigenvalue weighted by atomic mass is 32.2. The van der Waals surface area contributed by atoms with Crippen molar-refractivity contribution >= 4 is 15.8 Å². The van der Waals surface area contributed by atoms with Crippen LogP contribution < -0.4 is 9.62 Å². The maximum atomic E-state index is 12.2. The topological polar surface area (TPSA) is 97.6 Å². The third-order valence-electron chi connectivity index (χ3n) is 3.84. The van der Waals surface area contributed by atoms with Crippen molar-refractivity contribution in [2.45, 2.75) is 23.7 Å². The molecule has 1 fully saturated rings. The van der Waals surface area contributed by atoms with Crippen LogP contribution in [0, 0.1) is 0 Å². The van der Waals surface area contributed by atoms with Crippen molar-refractivity contribution in [3.63, 3.8) is 0 Å². The van der Waals surface area contributed by atoms with Crippen LogP contribution >= 0.6 is 0 Å². The van der Waals surface area contributed by atoms with Gasteiger partial charge in [0.05, 0.1) is 12.4 Å². The average molecular weight is 338 g/mol. The van der Waals surface area contributed by atoms with Gasteiger partial charge in [0.15, 0.2) is 0 Å². The summed E-state index contributed by atoms with van der Waals surface area (Å²) in [6, 6.07) is 4.70. The van der Waals surface area contributed by atoms with E-state index in [0.717, 1.165) is 5.82 Å². The molecule has 2 aromatic heterocycles. The monoisotopic (exact) mass is 338 g/mol. The van der Waals surface area contributed by atoms with Gasteiger partial charge in [-0.05, 0) is 24.6 Å². The van der Waals surface area contributed by atoms with Gasteiger partial charge in [-0.2, -0.15) is 0 Å². The quantitative estimate of drug-likeness (QED) is 0.825. The average Bonchev–Trinajstić information content (AvgIpc) is 3.24. The van der Waals surface area contributed by atoms with Crippen molar-refractivity contribution in [2.24, 2.45) is 0 Å². The molecule has 1 aliphatic rings. The molecule has 0 saturated carbocycles. The fraction of sp³-hybridized carbons (Fsp3) is 0.429. The largest absolute Gasteiger partial charge is 0.452 e. The van der Waals surface area contributed by atoms with E-state index >= 15 is 0 Å². The number of furan rings is 1. The molecule has 8 nitrogen and oxygen atoms in total. The number of methoxy groups -OCH3 is 1. The molecular weight excluding hydrogens is 320 g/mol. The standard InChI is InChI=1S/C14H18N4O4S/c1-21-12-7-11(18(9-12)13-4-5-15-10-16-13)8-17-23(19,20)14-3-2-6-22-14/h2-6,10-12,17H,7-9H2,1H3/t11-,12-/m1/s1. The summed E-state index contributed by atoms with van der Waals surface area (Å²) < 4.78 is 37.3. The molecule has 2 atom stereocenters. The lowest BCUT2D eigenvalue weighted by Crippen LogP contribution is -2.40. The van der Waals surface area contributed by atoms with Crippen LogP contribution in [0.2, 0.25) is 0 Å². The van der Waals surface area contributed by atoms with Crippen LogP contribution in [-0.4, -0.2) is 50.7 Å². The molecule has 1 aliphatic heterocycles. The highest BCUT2D eigenvalue weighted by Crippen LogP contribution is 2.25. The van der Waals surface area contributed by atoms with Gasteiger partial charge in [0.25, 0.3) is 10.0 Å². The van der Waals surface area contributed by atoms with Gasteiger partial charge >= 0.3 is 0 Å². The Bertz CT molecular complexity index is 721. The van der Waals surface area contributed by atoms with Gasteiger partial charge in [0.2, 0.25) is 5.09 Å². The van der Waals surface area contributed by atoms with Gasteiger partial charge < -0.3 is 14.1 Å². The molecule has 124 valence electrons. The Morgan fingerprint density at radius 3 is 3.00 bits per heavy atom. The normalized spacial score (nSPS) is 21.7. The van der Waals surface area contributed by atoms with Crippen molar-refractivity contribution in [2.75, 3.05) is 25.1 Å². The smallest absolute Gasteiger partial charge is 0.274 e. The molecule has 2 aromatic rings. The molecule has 0 amide bonds. The highest BCUT2D eigenvalue weighted by Gasteiger charge is 2.34. The Hall–Kier alpha value is -1.97. The number of aromatic nitrogens is 2. The Balaban J connectivity index is 1.72. The number of anilines is 1. The minimum Gasteiger partial charge on any atom is -0.452 e. The molecule has 1 N–H and O–H groups in total. The van der Waals surface area contributed by atoms with Gasteiger partial charge in [-0.15, -0.1) is 0 Å². The second-order valence-corrected chi connectivity index (χ2v) is 6.95. The number of hydrogen-bond donors (Lipinski definition) is 1. The Morgan fingerprint density at radius 1 is 1.48 bits per heavy atom. The van der Waals surface area contributed by atoms with E-state index in [1.54, 1.807) is 19.4 Å². The number of nitrogens with one attached hydrogen (secondary N) is 1. The van der Waals surface area contributed by atoms with E-state index in [0.29, 0.717) is 13.0 Å². The molecule has 9 heteroatoms. The predicted octanol–water partition coefficient (Wildman–Crippen LogP) is 0.642. The van der Waals surface area contributed by atoms with Gasteiger partial charge in [0, 0.05) is 32.4 Å². The van der Waals surface area contributed by atoms with E-state index in [-0.39, 0.29) is 23.8 Å². The summed E-state index contributed by atoms with van der Waals surface area (Å²) in [4.78, 5) is 10.2. The number of ether oxygens (including phenoxy) is 1. The van der Waals surface area contributed by atoms with Crippen molar-refractivity contribution < 1.29 is 17.6 Å². The van der Waals surface area contributed by atoms with Crippen LogP contribution in [0.3, 0.4) is 0 Å². The lowest BCUT2D eigenvalue weighted by molar-refractivity contribution is 0.118. The first-order chi connectivity index (χ1) is 11.1. The molecule has 0 bridgehead atoms. The summed E-state index contributed by atoms with van der Waals surface area (Å²) in [5, 5.41) is -0.0904. The van der Waals surface area contributed by atoms with Gasteiger partial charge in [-0.1, -0.05) is 0 Å². The van der Waals surface area contributed by atoms with E-state index in [4.69, 9.17) is 9.15 Å². The van der Waals surface area contributed by atoms with E-state index in [9.17, 15) is 8.42 Å². The van der Waals surface area contributed by atoms with Crippen LogP contribution in [0.25, 0.3) is 0 Å². The number of hydrogen-bond acceptors (Lipinski definition) is 7. The van der Waals surface area contributed by atoms with Crippen LogP contribution in [-0.2, 0) is 14.8 Å². The summed E-state index contributed by atoms with van der Waals surface area (Å²) in [5.41, 5.74) is 0. The fourth-order valence-corrected chi connectivity index (χ4v) is 3.66. The molecule has 3 rings (SSSR count). The number of nitrogens with zero attached hydrogens (tertiary/aromatic N) is 3. The zero-order valence-electron chi connectivity index (χ0n) is 12.6. The van der Waals surface area contributed by atoms with Crippen molar-refractivity contribution in [1.29, 1.82) is 0 Å². The first kappa shape index (κ1) is 15.9. The summed E-state index contributed by atoms with van der Waals surface area (Å²) in [5.74, 6) is 0.752. The first-order valence-corrected chi connectivity index (χ1v) is 8.67. The second-order valence-electron chi connectivity index (χ2n) is 5.25. The molecule has 1 saturated heterocycles. The van der Waals surface area contributed by atoms with Gasteiger partial charge in [-0.25, -0.2) is 23.1 Å². The maximum absolute atomic E-state index is 12.2. The maximum Gasteiger partial charge on any atom is 0.274 e. The molecular formula is C14H18N4O4S. The molecule has 0 radical (unpaired) electrons. The van der Waals surface area contributed by atoms with E-state index in [1.165, 1.54) is 24.7 Å². The van der Waals surface area contributed by atoms with Gasteiger partial charge in [0.1, 0.15) is 12.1 Å². The zero-order chi connectivity index (χ0) is 16.3. The molecule has 23 heavy (non-hydrogen) atoms. The fourth-order valence-electron chi connectivity index (χ4n) is 2.67. The summed E-state index contributed by atoms with van der Waals surface area (Å²) in [6.45, 7) is 0.896. The molecule has 0 aliphatic carbocycles. The Kier molecular flexibility index (Phi) is 4.60. The van der Waals surface area contributed by atoms with E-state index in [1.807, 2.05) is 4.90 Å². The van der Waals surface area contributed by atoms with Crippen LogP contribution in [0.5, 0.6) is 0 Å². The highest BCUT2D eigenvalue weighted by molar-refractivity contribution is 7.89. The summed E-state index contributed by atoms with van der Waals surface area (Å²) in [6.07, 6.45) is 5.20. The summed E-state index contributed by atoms with van der Waals surface area (Å²) >= 11 is 0. The Labute approximate surface area is 134 Å². The predicted molar refractivity (Wildman–Crippen MR) is 82.5 cm³/mol. The first-order valence-electron chi connectivity index (χ1n) is 7.19. The minimum absolute atomic E-state index is 0.0306. The minimum atomic E-state index is -3.65. The molecule has 0 aromatic carbocycles. The van der Waals surface area contributed by atoms with Crippen molar-refractivity contribution in [3.05, 3.63) is 37.0 Å². The van der Waals surface area contributed by atoms with Gasteiger partial charge in [-0.3, -0.25) is 0 Å². The van der Waals surface area contributed by atoms with Crippen LogP contribution in [0.1, 0.15) is 6.42 Å². The molecule has 3 heterocycles. The SMILES string of the molecule is CO[C@@H]1C[C@H](CNS(=O)(=O)c2ccco2)N(c2ccncn2)C1. The van der Waals surface area contributed by atoms with E-state index in [2.05, 4.69) is 14.7 Å². The Morgan fingerprint density at radius 2 is 2.35 bits per heavy atom. The molecule has 0 spiro atoms. The molecule has 0 unspecified atom stereocenters.